The lowest BCUT2D eigenvalue weighted by Crippen LogP contribution is -2.25. The Morgan fingerprint density at radius 1 is 1.26 bits per heavy atom. The van der Waals surface area contributed by atoms with E-state index < -0.39 is 29.7 Å². The lowest BCUT2D eigenvalue weighted by molar-refractivity contribution is -0.140. The van der Waals surface area contributed by atoms with Crippen molar-refractivity contribution in [2.75, 3.05) is 5.32 Å². The molecule has 9 nitrogen and oxygen atoms in total. The molecule has 4 aromatic rings. The molecule has 4 rings (SSSR count). The van der Waals surface area contributed by atoms with Crippen LogP contribution in [0.1, 0.15) is 40.9 Å². The summed E-state index contributed by atoms with van der Waals surface area (Å²) in [4.78, 5) is 28.8. The predicted octanol–water partition coefficient (Wildman–Crippen LogP) is 4.66. The Bertz CT molecular complexity index is 1460. The van der Waals surface area contributed by atoms with Crippen LogP contribution in [0.25, 0.3) is 21.3 Å². The number of nitrogens with two attached hydrogens (primary N) is 1. The summed E-state index contributed by atoms with van der Waals surface area (Å²) in [7, 11) is 0. The van der Waals surface area contributed by atoms with E-state index in [2.05, 4.69) is 20.5 Å². The molecule has 4 aromatic heterocycles. The third kappa shape index (κ3) is 4.48. The number of halogens is 4. The first-order valence-electron chi connectivity index (χ1n) is 10.3. The normalized spacial score (nSPS) is 12.8. The van der Waals surface area contributed by atoms with Gasteiger partial charge in [0, 0.05) is 29.4 Å². The smallest absolute Gasteiger partial charge is 0.365 e. The van der Waals surface area contributed by atoms with E-state index in [0.29, 0.717) is 34.2 Å². The third-order valence-electron chi connectivity index (χ3n) is 5.46. The molecule has 14 heteroatoms. The van der Waals surface area contributed by atoms with Crippen LogP contribution in [0.15, 0.2) is 24.7 Å². The van der Waals surface area contributed by atoms with E-state index in [-0.39, 0.29) is 26.3 Å². The molecule has 2 amide bonds. The van der Waals surface area contributed by atoms with Gasteiger partial charge in [-0.3, -0.25) is 19.0 Å². The van der Waals surface area contributed by atoms with Crippen LogP contribution < -0.4 is 11.1 Å². The van der Waals surface area contributed by atoms with E-state index in [9.17, 15) is 22.8 Å². The maximum absolute atomic E-state index is 13.7. The number of carbonyl (C=O) groups is 2. The number of thiophene rings is 1. The molecular weight excluding hydrogens is 507 g/mol. The Kier molecular flexibility index (Phi) is 6.32. The van der Waals surface area contributed by atoms with Crippen molar-refractivity contribution in [2.45, 2.75) is 39.5 Å². The number of carbonyl (C=O) groups excluding carboxylic acids is 2. The summed E-state index contributed by atoms with van der Waals surface area (Å²) in [5.74, 6) is -1.50. The fourth-order valence-electron chi connectivity index (χ4n) is 3.65. The number of nitrogens with zero attached hydrogens (tertiary/aromatic N) is 5. The highest BCUT2D eigenvalue weighted by Gasteiger charge is 2.35. The summed E-state index contributed by atoms with van der Waals surface area (Å²) in [6, 6.07) is 0.0320. The summed E-state index contributed by atoms with van der Waals surface area (Å²) in [6.45, 7) is 5.61. The first-order chi connectivity index (χ1) is 16.4. The summed E-state index contributed by atoms with van der Waals surface area (Å²) < 4.78 is 44.0. The van der Waals surface area contributed by atoms with Crippen molar-refractivity contribution in [3.8, 4) is 11.1 Å². The lowest BCUT2D eigenvalue weighted by atomic mass is 10.0. The molecule has 0 bridgehead atoms. The summed E-state index contributed by atoms with van der Waals surface area (Å²) in [5, 5.41) is 11.4. The van der Waals surface area contributed by atoms with Crippen LogP contribution >= 0.6 is 22.9 Å². The topological polar surface area (TPSA) is 121 Å². The molecule has 0 saturated heterocycles. The van der Waals surface area contributed by atoms with Gasteiger partial charge < -0.3 is 11.1 Å². The Morgan fingerprint density at radius 2 is 1.97 bits per heavy atom. The van der Waals surface area contributed by atoms with Crippen molar-refractivity contribution in [1.29, 1.82) is 0 Å². The van der Waals surface area contributed by atoms with Crippen LogP contribution in [-0.2, 0) is 17.5 Å². The van der Waals surface area contributed by atoms with Crippen LogP contribution in [0.3, 0.4) is 0 Å². The monoisotopic (exact) mass is 525 g/mol. The number of rotatable bonds is 6. The Labute approximate surface area is 205 Å². The van der Waals surface area contributed by atoms with Gasteiger partial charge in [0.25, 0.3) is 5.91 Å². The molecule has 0 aromatic carbocycles. The van der Waals surface area contributed by atoms with Crippen molar-refractivity contribution in [2.24, 2.45) is 5.73 Å². The second-order valence-electron chi connectivity index (χ2n) is 7.67. The van der Waals surface area contributed by atoms with Crippen LogP contribution in [0.4, 0.5) is 18.9 Å². The third-order valence-corrected chi connectivity index (χ3v) is 6.76. The van der Waals surface area contributed by atoms with Gasteiger partial charge in [0.15, 0.2) is 0 Å². The van der Waals surface area contributed by atoms with Gasteiger partial charge in [-0.15, -0.1) is 11.3 Å². The van der Waals surface area contributed by atoms with Gasteiger partial charge in [-0.05, 0) is 32.4 Å². The highest BCUT2D eigenvalue weighted by atomic mass is 35.5. The van der Waals surface area contributed by atoms with E-state index in [1.807, 2.05) is 6.92 Å². The number of anilines is 1. The van der Waals surface area contributed by atoms with Crippen molar-refractivity contribution < 1.29 is 22.8 Å². The zero-order valence-electron chi connectivity index (χ0n) is 18.6. The number of fused-ring (bicyclic) bond motifs is 1. The SMILES string of the molecule is CCn1ncc(-c2cc(C(F)(F)F)nc3sc(C(N)=O)c(NC(=O)C(C)n4cc(Cl)cn4)c23)c1C. The molecule has 35 heavy (non-hydrogen) atoms. The average Bonchev–Trinajstić information content (AvgIpc) is 3.48. The number of aromatic nitrogens is 5. The molecule has 0 aliphatic rings. The number of primary amides is 1. The van der Waals surface area contributed by atoms with Gasteiger partial charge in [-0.25, -0.2) is 4.98 Å². The molecule has 0 spiro atoms. The second kappa shape index (κ2) is 8.96. The molecule has 0 radical (unpaired) electrons. The summed E-state index contributed by atoms with van der Waals surface area (Å²) in [6.07, 6.45) is -0.506. The minimum atomic E-state index is -4.74. The minimum absolute atomic E-state index is 0.0209. The quantitative estimate of drug-likeness (QED) is 0.379. The fourth-order valence-corrected chi connectivity index (χ4v) is 4.80. The van der Waals surface area contributed by atoms with Crippen LogP contribution in [0.2, 0.25) is 5.02 Å². The van der Waals surface area contributed by atoms with E-state index in [4.69, 9.17) is 17.3 Å². The standard InChI is InChI=1S/C21H19ClF3N7O2S/c1-4-31-9(2)13(7-28-31)12-5-14(21(23,24)25)29-20-15(12)16(17(35-20)18(26)33)30-19(34)10(3)32-8-11(22)6-27-32/h5-8,10H,4H2,1-3H3,(H2,26,33)(H,30,34). The summed E-state index contributed by atoms with van der Waals surface area (Å²) in [5.41, 5.74) is 5.50. The predicted molar refractivity (Wildman–Crippen MR) is 125 cm³/mol. The Balaban J connectivity index is 1.95. The van der Waals surface area contributed by atoms with Crippen molar-refractivity contribution in [3.63, 3.8) is 0 Å². The molecule has 184 valence electrons. The van der Waals surface area contributed by atoms with Gasteiger partial charge in [-0.2, -0.15) is 23.4 Å². The zero-order valence-corrected chi connectivity index (χ0v) is 20.2. The van der Waals surface area contributed by atoms with Gasteiger partial charge in [0.2, 0.25) is 5.91 Å². The average molecular weight is 526 g/mol. The highest BCUT2D eigenvalue weighted by molar-refractivity contribution is 7.21. The maximum atomic E-state index is 13.7. The highest BCUT2D eigenvalue weighted by Crippen LogP contribution is 2.44. The summed E-state index contributed by atoms with van der Waals surface area (Å²) >= 11 is 6.56. The van der Waals surface area contributed by atoms with E-state index in [1.165, 1.54) is 23.3 Å². The number of nitrogens with one attached hydrogen (secondary N) is 1. The van der Waals surface area contributed by atoms with Crippen LogP contribution in [0.5, 0.6) is 0 Å². The molecule has 0 aliphatic carbocycles. The van der Waals surface area contributed by atoms with E-state index in [0.717, 1.165) is 6.07 Å². The minimum Gasteiger partial charge on any atom is -0.365 e. The van der Waals surface area contributed by atoms with Crippen molar-refractivity contribution in [3.05, 3.63) is 45.9 Å². The van der Waals surface area contributed by atoms with E-state index in [1.54, 1.807) is 18.5 Å². The van der Waals surface area contributed by atoms with Gasteiger partial charge in [0.05, 0.1) is 23.1 Å². The molecule has 0 fully saturated rings. The lowest BCUT2D eigenvalue weighted by Gasteiger charge is -2.15. The van der Waals surface area contributed by atoms with Gasteiger partial charge in [-0.1, -0.05) is 11.6 Å². The van der Waals surface area contributed by atoms with E-state index >= 15 is 0 Å². The zero-order chi connectivity index (χ0) is 25.7. The van der Waals surface area contributed by atoms with Crippen molar-refractivity contribution >= 4 is 50.7 Å². The Hall–Kier alpha value is -3.45. The maximum Gasteiger partial charge on any atom is 0.433 e. The molecule has 4 heterocycles. The molecule has 0 saturated carbocycles. The molecule has 0 aliphatic heterocycles. The second-order valence-corrected chi connectivity index (χ2v) is 9.10. The number of aryl methyl sites for hydroxylation is 1. The van der Waals surface area contributed by atoms with Crippen LogP contribution in [0, 0.1) is 6.92 Å². The van der Waals surface area contributed by atoms with Crippen LogP contribution in [-0.4, -0.2) is 36.4 Å². The molecule has 1 atom stereocenters. The first kappa shape index (κ1) is 24.7. The number of pyridine rings is 1. The number of hydrogen-bond acceptors (Lipinski definition) is 6. The largest absolute Gasteiger partial charge is 0.433 e. The van der Waals surface area contributed by atoms with Crippen molar-refractivity contribution in [1.82, 2.24) is 24.5 Å². The number of hydrogen-bond donors (Lipinski definition) is 2. The number of alkyl halides is 3. The molecule has 1 unspecified atom stereocenters. The Morgan fingerprint density at radius 3 is 2.51 bits per heavy atom. The van der Waals surface area contributed by atoms with Gasteiger partial charge >= 0.3 is 6.18 Å². The first-order valence-corrected chi connectivity index (χ1v) is 11.5. The molecular formula is C21H19ClF3N7O2S. The van der Waals surface area contributed by atoms with Gasteiger partial charge in [0.1, 0.15) is 21.4 Å². The number of amides is 2. The fraction of sp³-hybridized carbons (Fsp3) is 0.286. The molecule has 3 N–H and O–H groups in total.